The molecule has 0 atom stereocenters. The molecule has 0 spiro atoms. The van der Waals surface area contributed by atoms with E-state index in [1.165, 1.54) is 0 Å². The lowest BCUT2D eigenvalue weighted by molar-refractivity contribution is -0.132. The van der Waals surface area contributed by atoms with Gasteiger partial charge in [0.05, 0.1) is 6.21 Å². The van der Waals surface area contributed by atoms with Crippen LogP contribution in [-0.4, -0.2) is 38.2 Å². The van der Waals surface area contributed by atoms with Crippen LogP contribution >= 0.6 is 0 Å². The van der Waals surface area contributed by atoms with E-state index >= 15 is 0 Å². The summed E-state index contributed by atoms with van der Waals surface area (Å²) in [7, 11) is -4.15. The van der Waals surface area contributed by atoms with Gasteiger partial charge in [-0.25, -0.2) is 4.79 Å². The van der Waals surface area contributed by atoms with Gasteiger partial charge in [0.15, 0.2) is 4.91 Å². The van der Waals surface area contributed by atoms with E-state index in [1.807, 2.05) is 0 Å². The topological polar surface area (TPSA) is 113 Å². The lowest BCUT2D eigenvalue weighted by atomic mass is 10.2. The Bertz CT molecular complexity index is 474. The molecule has 1 aliphatic rings. The number of rotatable bonds is 3. The van der Waals surface area contributed by atoms with Crippen LogP contribution in [0.15, 0.2) is 14.9 Å². The van der Waals surface area contributed by atoms with E-state index in [9.17, 15) is 18.0 Å². The number of carboxylic acid groups (broad SMARTS) is 1. The lowest BCUT2D eigenvalue weighted by Gasteiger charge is -2.02. The van der Waals surface area contributed by atoms with E-state index < -0.39 is 32.4 Å². The van der Waals surface area contributed by atoms with Crippen LogP contribution in [0, 0.1) is 0 Å². The van der Waals surface area contributed by atoms with Crippen LogP contribution in [-0.2, 0) is 19.6 Å². The standard InChI is InChI=1S/C7H8N2O5S/c1-2-8-6(10)5-4(7(11)12)3-9-15(5,13)14/h3H,2H2,1H3,(H,8,10)(H,11,12). The molecule has 0 aliphatic carbocycles. The molecule has 15 heavy (non-hydrogen) atoms. The largest absolute Gasteiger partial charge is 0.478 e. The molecule has 0 saturated carbocycles. The molecule has 0 aromatic heterocycles. The highest BCUT2D eigenvalue weighted by Crippen LogP contribution is 2.20. The third-order valence-electron chi connectivity index (χ3n) is 1.60. The second-order valence-electron chi connectivity index (χ2n) is 2.62. The fraction of sp³-hybridized carbons (Fsp3) is 0.286. The first-order valence-electron chi connectivity index (χ1n) is 3.96. The van der Waals surface area contributed by atoms with Crippen molar-refractivity contribution in [2.45, 2.75) is 6.92 Å². The predicted molar refractivity (Wildman–Crippen MR) is 50.8 cm³/mol. The number of hydrogen-bond acceptors (Lipinski definition) is 4. The number of amides is 1. The molecule has 1 rings (SSSR count). The molecule has 0 bridgehead atoms. The smallest absolute Gasteiger partial charge is 0.338 e. The molecule has 1 aliphatic heterocycles. The van der Waals surface area contributed by atoms with Crippen molar-refractivity contribution in [2.24, 2.45) is 4.40 Å². The number of aliphatic carboxylic acids is 1. The summed E-state index contributed by atoms with van der Waals surface area (Å²) in [6.07, 6.45) is 0.655. The van der Waals surface area contributed by atoms with Crippen LogP contribution in [0.2, 0.25) is 0 Å². The summed E-state index contributed by atoms with van der Waals surface area (Å²) >= 11 is 0. The number of likely N-dealkylation sites (N-methyl/N-ethyl adjacent to an activating group) is 1. The average molecular weight is 232 g/mol. The quantitative estimate of drug-likeness (QED) is 0.639. The van der Waals surface area contributed by atoms with E-state index in [1.54, 1.807) is 6.92 Å². The summed E-state index contributed by atoms with van der Waals surface area (Å²) in [5.74, 6) is -2.45. The second-order valence-corrected chi connectivity index (χ2v) is 4.19. The Morgan fingerprint density at radius 1 is 1.53 bits per heavy atom. The van der Waals surface area contributed by atoms with Gasteiger partial charge in [-0.05, 0) is 6.92 Å². The third kappa shape index (κ3) is 2.04. The van der Waals surface area contributed by atoms with Gasteiger partial charge in [-0.1, -0.05) is 0 Å². The first-order chi connectivity index (χ1) is 6.90. The molecular formula is C7H8N2O5S. The van der Waals surface area contributed by atoms with Gasteiger partial charge in [0.25, 0.3) is 15.9 Å². The molecular weight excluding hydrogens is 224 g/mol. The fourth-order valence-corrected chi connectivity index (χ4v) is 2.08. The molecule has 0 saturated heterocycles. The summed E-state index contributed by atoms with van der Waals surface area (Å²) in [5, 5.41) is 10.8. The van der Waals surface area contributed by atoms with E-state index in [-0.39, 0.29) is 6.54 Å². The van der Waals surface area contributed by atoms with E-state index in [2.05, 4.69) is 9.71 Å². The van der Waals surface area contributed by atoms with Crippen molar-refractivity contribution >= 4 is 28.1 Å². The maximum Gasteiger partial charge on any atom is 0.338 e. The van der Waals surface area contributed by atoms with Gasteiger partial charge >= 0.3 is 5.97 Å². The van der Waals surface area contributed by atoms with Crippen molar-refractivity contribution in [2.75, 3.05) is 6.54 Å². The zero-order chi connectivity index (χ0) is 11.6. The second kappa shape index (κ2) is 3.81. The minimum Gasteiger partial charge on any atom is -0.478 e. The van der Waals surface area contributed by atoms with Crippen LogP contribution in [0.5, 0.6) is 0 Å². The Labute approximate surface area is 85.6 Å². The fourth-order valence-electron chi connectivity index (χ4n) is 1.01. The van der Waals surface area contributed by atoms with Crippen molar-refractivity contribution in [3.63, 3.8) is 0 Å². The summed E-state index contributed by atoms with van der Waals surface area (Å²) in [6, 6.07) is 0. The van der Waals surface area contributed by atoms with Gasteiger partial charge in [0.1, 0.15) is 5.57 Å². The monoisotopic (exact) mass is 232 g/mol. The van der Waals surface area contributed by atoms with Crippen LogP contribution in [0.1, 0.15) is 6.92 Å². The van der Waals surface area contributed by atoms with Crippen molar-refractivity contribution in [3.8, 4) is 0 Å². The number of carbonyl (C=O) groups is 2. The number of carbonyl (C=O) groups excluding carboxylic acids is 1. The molecule has 0 fully saturated rings. The van der Waals surface area contributed by atoms with Gasteiger partial charge in [-0.3, -0.25) is 4.79 Å². The minimum absolute atomic E-state index is 0.199. The molecule has 0 aromatic carbocycles. The molecule has 0 radical (unpaired) electrons. The highest BCUT2D eigenvalue weighted by Gasteiger charge is 2.34. The Balaban J connectivity index is 3.27. The maximum atomic E-state index is 11.3. The summed E-state index contributed by atoms with van der Waals surface area (Å²) in [5.41, 5.74) is -0.610. The summed E-state index contributed by atoms with van der Waals surface area (Å²) in [6.45, 7) is 1.78. The van der Waals surface area contributed by atoms with Crippen LogP contribution in [0.4, 0.5) is 0 Å². The Kier molecular flexibility index (Phi) is 2.89. The van der Waals surface area contributed by atoms with Crippen molar-refractivity contribution in [3.05, 3.63) is 10.5 Å². The van der Waals surface area contributed by atoms with Crippen molar-refractivity contribution in [1.82, 2.24) is 5.32 Å². The highest BCUT2D eigenvalue weighted by atomic mass is 32.2. The predicted octanol–water partition coefficient (Wildman–Crippen LogP) is -1.12. The molecule has 0 aromatic rings. The SMILES string of the molecule is CCNC(=O)C1=C(C(=O)O)C=NS1(=O)=O. The zero-order valence-electron chi connectivity index (χ0n) is 7.72. The first-order valence-corrected chi connectivity index (χ1v) is 5.40. The average Bonchev–Trinajstić information content (AvgIpc) is 2.41. The van der Waals surface area contributed by atoms with Crippen molar-refractivity contribution in [1.29, 1.82) is 0 Å². The number of hydrogen-bond donors (Lipinski definition) is 2. The number of sulfonamides is 1. The molecule has 7 nitrogen and oxygen atoms in total. The normalized spacial score (nSPS) is 17.9. The van der Waals surface area contributed by atoms with Gasteiger partial charge in [-0.2, -0.15) is 12.8 Å². The molecule has 8 heteroatoms. The zero-order valence-corrected chi connectivity index (χ0v) is 8.54. The van der Waals surface area contributed by atoms with Crippen LogP contribution in [0.25, 0.3) is 0 Å². The summed E-state index contributed by atoms with van der Waals surface area (Å²) < 4.78 is 25.4. The van der Waals surface area contributed by atoms with Crippen molar-refractivity contribution < 1.29 is 23.1 Å². The van der Waals surface area contributed by atoms with Gasteiger partial charge in [0.2, 0.25) is 0 Å². The van der Waals surface area contributed by atoms with E-state index in [0.29, 0.717) is 6.21 Å². The molecule has 1 amide bonds. The maximum absolute atomic E-state index is 11.3. The molecule has 82 valence electrons. The molecule has 2 N–H and O–H groups in total. The number of nitrogens with zero attached hydrogens (tertiary/aromatic N) is 1. The van der Waals surface area contributed by atoms with Gasteiger partial charge in [-0.15, -0.1) is 0 Å². The molecule has 0 unspecified atom stereocenters. The van der Waals surface area contributed by atoms with Crippen LogP contribution < -0.4 is 5.32 Å². The highest BCUT2D eigenvalue weighted by molar-refractivity contribution is 7.95. The third-order valence-corrected chi connectivity index (χ3v) is 2.90. The van der Waals surface area contributed by atoms with Gasteiger partial charge in [0, 0.05) is 6.54 Å². The lowest BCUT2D eigenvalue weighted by Crippen LogP contribution is -2.28. The van der Waals surface area contributed by atoms with Crippen LogP contribution in [0.3, 0.4) is 0 Å². The first kappa shape index (κ1) is 11.4. The van der Waals surface area contributed by atoms with E-state index in [0.717, 1.165) is 0 Å². The Morgan fingerprint density at radius 2 is 2.13 bits per heavy atom. The Hall–Kier alpha value is -1.70. The summed E-state index contributed by atoms with van der Waals surface area (Å²) in [4.78, 5) is 21.1. The minimum atomic E-state index is -4.15. The number of nitrogens with one attached hydrogen (secondary N) is 1. The number of carboxylic acids is 1. The van der Waals surface area contributed by atoms with E-state index in [4.69, 9.17) is 5.11 Å². The molecule has 1 heterocycles. The van der Waals surface area contributed by atoms with Gasteiger partial charge < -0.3 is 10.4 Å². The Morgan fingerprint density at radius 3 is 2.60 bits per heavy atom.